The standard InChI is InChI=1S/C14H10BF5O/c1-5-3-6(16)9(14(20)12(5)18)10-8(21-2)4-7(17)11(15)13(10)19/h3-4H,15H2,1-2H3. The number of methoxy groups -OCH3 is 1. The summed E-state index contributed by atoms with van der Waals surface area (Å²) in [5.41, 5.74) is -2.27. The molecule has 2 rings (SSSR count). The molecule has 110 valence electrons. The molecule has 0 saturated carbocycles. The molecule has 0 aliphatic heterocycles. The fraction of sp³-hybridized carbons (Fsp3) is 0.143. The normalized spacial score (nSPS) is 10.8. The van der Waals surface area contributed by atoms with Crippen LogP contribution < -0.4 is 10.2 Å². The highest BCUT2D eigenvalue weighted by atomic mass is 19.2. The SMILES string of the molecule is Bc1c(F)cc(OC)c(-c2c(F)cc(C)c(F)c2F)c1F. The van der Waals surface area contributed by atoms with Crippen molar-refractivity contribution in [3.05, 3.63) is 46.8 Å². The molecule has 0 aromatic heterocycles. The first-order valence-corrected chi connectivity index (χ1v) is 5.96. The lowest BCUT2D eigenvalue weighted by molar-refractivity contribution is 0.408. The van der Waals surface area contributed by atoms with Crippen LogP contribution in [0.3, 0.4) is 0 Å². The minimum absolute atomic E-state index is 0.257. The summed E-state index contributed by atoms with van der Waals surface area (Å²) in [4.78, 5) is 0. The fourth-order valence-electron chi connectivity index (χ4n) is 2.03. The van der Waals surface area contributed by atoms with Crippen LogP contribution in [0, 0.1) is 36.0 Å². The monoisotopic (exact) mass is 300 g/mol. The van der Waals surface area contributed by atoms with Crippen LogP contribution in [0.15, 0.2) is 12.1 Å². The van der Waals surface area contributed by atoms with Gasteiger partial charge < -0.3 is 4.74 Å². The maximum Gasteiger partial charge on any atom is 0.170 e. The first-order chi connectivity index (χ1) is 9.79. The van der Waals surface area contributed by atoms with Gasteiger partial charge in [-0.05, 0) is 24.0 Å². The van der Waals surface area contributed by atoms with Gasteiger partial charge in [0, 0.05) is 6.07 Å². The molecule has 2 aromatic carbocycles. The van der Waals surface area contributed by atoms with Gasteiger partial charge in [0.2, 0.25) is 0 Å². The first kappa shape index (κ1) is 15.3. The topological polar surface area (TPSA) is 9.23 Å². The van der Waals surface area contributed by atoms with Gasteiger partial charge >= 0.3 is 0 Å². The molecule has 0 aliphatic carbocycles. The smallest absolute Gasteiger partial charge is 0.170 e. The Kier molecular flexibility index (Phi) is 3.94. The van der Waals surface area contributed by atoms with Crippen LogP contribution in [0.2, 0.25) is 0 Å². The van der Waals surface area contributed by atoms with Gasteiger partial charge in [-0.2, -0.15) is 0 Å². The number of halogens is 5. The minimum atomic E-state index is -1.55. The Hall–Kier alpha value is -2.05. The fourth-order valence-corrected chi connectivity index (χ4v) is 2.03. The molecule has 0 radical (unpaired) electrons. The van der Waals surface area contributed by atoms with Gasteiger partial charge in [0.25, 0.3) is 0 Å². The summed E-state index contributed by atoms with van der Waals surface area (Å²) in [6.07, 6.45) is 0. The lowest BCUT2D eigenvalue weighted by Gasteiger charge is -2.15. The van der Waals surface area contributed by atoms with Crippen molar-refractivity contribution in [2.45, 2.75) is 6.92 Å². The molecule has 0 unspecified atom stereocenters. The third-order valence-corrected chi connectivity index (χ3v) is 3.22. The Bertz CT molecular complexity index is 730. The first-order valence-electron chi connectivity index (χ1n) is 5.96. The Morgan fingerprint density at radius 2 is 1.48 bits per heavy atom. The summed E-state index contributed by atoms with van der Waals surface area (Å²) < 4.78 is 74.1. The van der Waals surface area contributed by atoms with Crippen LogP contribution >= 0.6 is 0 Å². The molecule has 0 saturated heterocycles. The van der Waals surface area contributed by atoms with E-state index in [4.69, 9.17) is 4.74 Å². The quantitative estimate of drug-likeness (QED) is 0.471. The average molecular weight is 300 g/mol. The van der Waals surface area contributed by atoms with Crippen molar-refractivity contribution >= 4 is 13.3 Å². The highest BCUT2D eigenvalue weighted by molar-refractivity contribution is 6.33. The highest BCUT2D eigenvalue weighted by Gasteiger charge is 2.26. The predicted octanol–water partition coefficient (Wildman–Crippen LogP) is 2.62. The van der Waals surface area contributed by atoms with Crippen LogP contribution in [-0.2, 0) is 0 Å². The van der Waals surface area contributed by atoms with Crippen LogP contribution in [0.5, 0.6) is 5.75 Å². The molecule has 2 aromatic rings. The average Bonchev–Trinajstić information content (AvgIpc) is 2.44. The molecule has 1 nitrogen and oxygen atoms in total. The number of hydrogen-bond acceptors (Lipinski definition) is 1. The van der Waals surface area contributed by atoms with Gasteiger partial charge in [-0.25, -0.2) is 22.0 Å². The van der Waals surface area contributed by atoms with Crippen molar-refractivity contribution in [3.8, 4) is 16.9 Å². The number of rotatable bonds is 2. The lowest BCUT2D eigenvalue weighted by atomic mass is 9.89. The van der Waals surface area contributed by atoms with Crippen molar-refractivity contribution in [1.29, 1.82) is 0 Å². The second-order valence-corrected chi connectivity index (χ2v) is 4.55. The van der Waals surface area contributed by atoms with Gasteiger partial charge in [0.1, 0.15) is 31.0 Å². The predicted molar refractivity (Wildman–Crippen MR) is 71.1 cm³/mol. The molecule has 0 spiro atoms. The largest absolute Gasteiger partial charge is 0.496 e. The maximum atomic E-state index is 14.2. The zero-order chi connectivity index (χ0) is 15.9. The lowest BCUT2D eigenvalue weighted by Crippen LogP contribution is -2.17. The molecule has 0 bridgehead atoms. The van der Waals surface area contributed by atoms with Crippen LogP contribution in [0.1, 0.15) is 5.56 Å². The van der Waals surface area contributed by atoms with Crippen LogP contribution in [-0.4, -0.2) is 15.0 Å². The third-order valence-electron chi connectivity index (χ3n) is 3.22. The zero-order valence-corrected chi connectivity index (χ0v) is 11.5. The molecular weight excluding hydrogens is 290 g/mol. The van der Waals surface area contributed by atoms with E-state index in [0.717, 1.165) is 27.1 Å². The summed E-state index contributed by atoms with van der Waals surface area (Å²) >= 11 is 0. The Morgan fingerprint density at radius 3 is 2.05 bits per heavy atom. The Balaban J connectivity index is 2.92. The second-order valence-electron chi connectivity index (χ2n) is 4.55. The molecule has 0 amide bonds. The molecule has 0 atom stereocenters. The van der Waals surface area contributed by atoms with E-state index in [1.165, 1.54) is 6.92 Å². The molecule has 0 N–H and O–H groups in total. The summed E-state index contributed by atoms with van der Waals surface area (Å²) in [5.74, 6) is -6.55. The van der Waals surface area contributed by atoms with E-state index in [0.29, 0.717) is 0 Å². The molecular formula is C14H10BF5O. The van der Waals surface area contributed by atoms with E-state index in [2.05, 4.69) is 0 Å². The van der Waals surface area contributed by atoms with E-state index in [-0.39, 0.29) is 5.56 Å². The van der Waals surface area contributed by atoms with Crippen LogP contribution in [0.25, 0.3) is 11.1 Å². The van der Waals surface area contributed by atoms with Crippen molar-refractivity contribution in [2.75, 3.05) is 7.11 Å². The summed E-state index contributed by atoms with van der Waals surface area (Å²) in [7, 11) is 2.20. The van der Waals surface area contributed by atoms with Crippen molar-refractivity contribution in [2.24, 2.45) is 0 Å². The molecule has 0 heterocycles. The third kappa shape index (κ3) is 2.37. The second kappa shape index (κ2) is 5.39. The van der Waals surface area contributed by atoms with E-state index >= 15 is 0 Å². The number of benzene rings is 2. The van der Waals surface area contributed by atoms with Gasteiger partial charge in [0.05, 0.1) is 18.2 Å². The molecule has 21 heavy (non-hydrogen) atoms. The Morgan fingerprint density at radius 1 is 0.857 bits per heavy atom. The van der Waals surface area contributed by atoms with Gasteiger partial charge in [0.15, 0.2) is 11.6 Å². The van der Waals surface area contributed by atoms with E-state index < -0.39 is 51.4 Å². The van der Waals surface area contributed by atoms with E-state index in [1.807, 2.05) is 0 Å². The Labute approximate surface area is 118 Å². The van der Waals surface area contributed by atoms with Crippen LogP contribution in [0.4, 0.5) is 22.0 Å². The minimum Gasteiger partial charge on any atom is -0.496 e. The summed E-state index contributed by atoms with van der Waals surface area (Å²) in [6.45, 7) is 1.18. The van der Waals surface area contributed by atoms with E-state index in [9.17, 15) is 22.0 Å². The molecule has 0 aliphatic rings. The molecule has 7 heteroatoms. The van der Waals surface area contributed by atoms with Gasteiger partial charge in [-0.1, -0.05) is 0 Å². The van der Waals surface area contributed by atoms with Crippen molar-refractivity contribution in [3.63, 3.8) is 0 Å². The highest BCUT2D eigenvalue weighted by Crippen LogP contribution is 2.37. The van der Waals surface area contributed by atoms with Crippen molar-refractivity contribution in [1.82, 2.24) is 0 Å². The van der Waals surface area contributed by atoms with Gasteiger partial charge in [-0.3, -0.25) is 0 Å². The number of hydrogen-bond donors (Lipinski definition) is 0. The number of ether oxygens (including phenoxy) is 1. The summed E-state index contributed by atoms with van der Waals surface area (Å²) in [5, 5.41) is 0. The summed E-state index contributed by atoms with van der Waals surface area (Å²) in [6, 6.07) is 1.54. The molecule has 0 fully saturated rings. The zero-order valence-electron chi connectivity index (χ0n) is 11.5. The van der Waals surface area contributed by atoms with Gasteiger partial charge in [-0.15, -0.1) is 0 Å². The van der Waals surface area contributed by atoms with Crippen molar-refractivity contribution < 1.29 is 26.7 Å². The van der Waals surface area contributed by atoms with E-state index in [1.54, 1.807) is 0 Å². The maximum absolute atomic E-state index is 14.2. The number of aryl methyl sites for hydroxylation is 1.